The van der Waals surface area contributed by atoms with Crippen LogP contribution in [0.15, 0.2) is 71.3 Å². The summed E-state index contributed by atoms with van der Waals surface area (Å²) in [6.45, 7) is 0. The molecule has 0 radical (unpaired) electrons. The van der Waals surface area contributed by atoms with Crippen molar-refractivity contribution in [1.82, 2.24) is 0 Å². The molecule has 2 aromatic carbocycles. The van der Waals surface area contributed by atoms with Crippen LogP contribution in [0.4, 0.5) is 11.4 Å². The number of hydrogen-bond acceptors (Lipinski definition) is 3. The molecule has 1 aromatic heterocycles. The molecule has 0 bridgehead atoms. The van der Waals surface area contributed by atoms with E-state index in [0.29, 0.717) is 16.4 Å². The normalized spacial score (nSPS) is 18.0. The number of anilines is 2. The summed E-state index contributed by atoms with van der Waals surface area (Å²) in [5.41, 5.74) is 2.32. The van der Waals surface area contributed by atoms with Crippen molar-refractivity contribution in [3.63, 3.8) is 0 Å². The second-order valence-electron chi connectivity index (χ2n) is 6.47. The van der Waals surface area contributed by atoms with Gasteiger partial charge in [-0.25, -0.2) is 0 Å². The van der Waals surface area contributed by atoms with Crippen LogP contribution >= 0.6 is 11.6 Å². The Kier molecular flexibility index (Phi) is 4.69. The van der Waals surface area contributed by atoms with Gasteiger partial charge in [-0.2, -0.15) is 0 Å². The minimum atomic E-state index is -0.322. The van der Waals surface area contributed by atoms with Crippen LogP contribution in [-0.2, 0) is 4.79 Å². The van der Waals surface area contributed by atoms with Crippen molar-refractivity contribution in [2.75, 3.05) is 10.6 Å². The predicted molar refractivity (Wildman–Crippen MR) is 104 cm³/mol. The molecule has 1 aliphatic rings. The zero-order valence-corrected chi connectivity index (χ0v) is 15.1. The third-order valence-electron chi connectivity index (χ3n) is 4.59. The molecule has 2 N–H and O–H groups in total. The highest BCUT2D eigenvalue weighted by Gasteiger charge is 2.44. The van der Waals surface area contributed by atoms with E-state index in [0.717, 1.165) is 12.0 Å². The first kappa shape index (κ1) is 17.4. The molecule has 5 nitrogen and oxygen atoms in total. The molecule has 6 heteroatoms. The molecule has 1 aliphatic carbocycles. The molecule has 1 heterocycles. The van der Waals surface area contributed by atoms with Gasteiger partial charge in [0.25, 0.3) is 5.91 Å². The lowest BCUT2D eigenvalue weighted by molar-refractivity contribution is -0.117. The van der Waals surface area contributed by atoms with Gasteiger partial charge in [-0.3, -0.25) is 9.59 Å². The van der Waals surface area contributed by atoms with Crippen LogP contribution < -0.4 is 10.6 Å². The van der Waals surface area contributed by atoms with E-state index in [4.69, 9.17) is 16.0 Å². The van der Waals surface area contributed by atoms with Gasteiger partial charge in [0.1, 0.15) is 0 Å². The Labute approximate surface area is 161 Å². The van der Waals surface area contributed by atoms with E-state index in [1.165, 1.54) is 6.26 Å². The van der Waals surface area contributed by atoms with Crippen molar-refractivity contribution in [3.8, 4) is 0 Å². The van der Waals surface area contributed by atoms with Crippen molar-refractivity contribution >= 4 is 34.8 Å². The maximum Gasteiger partial charge on any atom is 0.291 e. The largest absolute Gasteiger partial charge is 0.459 e. The van der Waals surface area contributed by atoms with Crippen molar-refractivity contribution < 1.29 is 14.0 Å². The van der Waals surface area contributed by atoms with E-state index in [1.807, 2.05) is 24.3 Å². The quantitative estimate of drug-likeness (QED) is 0.659. The van der Waals surface area contributed by atoms with Crippen LogP contribution in [0.1, 0.15) is 28.5 Å². The SMILES string of the molecule is O=C(Nc1ccc(NC(=O)C2CC2c2ccccc2Cl)cc1)c1ccco1. The Morgan fingerprint density at radius 1 is 0.926 bits per heavy atom. The average Bonchev–Trinajstić information content (AvgIpc) is 3.27. The Morgan fingerprint density at radius 2 is 1.63 bits per heavy atom. The molecule has 1 fully saturated rings. The maximum atomic E-state index is 12.5. The van der Waals surface area contributed by atoms with Crippen LogP contribution in [-0.4, -0.2) is 11.8 Å². The standard InChI is InChI=1S/C21H17ClN2O3/c22-18-5-2-1-4-15(18)16-12-17(16)20(25)23-13-7-9-14(10-8-13)24-21(26)19-6-3-11-27-19/h1-11,16-17H,12H2,(H,23,25)(H,24,26). The molecule has 1 saturated carbocycles. The highest BCUT2D eigenvalue weighted by Crippen LogP contribution is 2.50. The maximum absolute atomic E-state index is 12.5. The Morgan fingerprint density at radius 3 is 2.30 bits per heavy atom. The van der Waals surface area contributed by atoms with Crippen LogP contribution in [0.2, 0.25) is 5.02 Å². The number of furan rings is 1. The molecule has 0 saturated heterocycles. The van der Waals surface area contributed by atoms with E-state index in [9.17, 15) is 9.59 Å². The molecule has 0 aliphatic heterocycles. The zero-order valence-electron chi connectivity index (χ0n) is 14.3. The van der Waals surface area contributed by atoms with Gasteiger partial charge < -0.3 is 15.1 Å². The summed E-state index contributed by atoms with van der Waals surface area (Å²) in [6.07, 6.45) is 2.24. The molecule has 2 atom stereocenters. The van der Waals surface area contributed by atoms with E-state index in [-0.39, 0.29) is 29.4 Å². The lowest BCUT2D eigenvalue weighted by atomic mass is 10.1. The Hall–Kier alpha value is -3.05. The second kappa shape index (κ2) is 7.29. The summed E-state index contributed by atoms with van der Waals surface area (Å²) in [4.78, 5) is 24.4. The first-order chi connectivity index (χ1) is 13.1. The van der Waals surface area contributed by atoms with Crippen molar-refractivity contribution in [3.05, 3.63) is 83.3 Å². The number of carbonyl (C=O) groups is 2. The lowest BCUT2D eigenvalue weighted by Gasteiger charge is -2.08. The molecule has 0 spiro atoms. The van der Waals surface area contributed by atoms with Crippen molar-refractivity contribution in [1.29, 1.82) is 0 Å². The van der Waals surface area contributed by atoms with Gasteiger partial charge in [-0.05, 0) is 60.4 Å². The number of benzene rings is 2. The number of amides is 2. The minimum absolute atomic E-state index is 0.0210. The monoisotopic (exact) mass is 380 g/mol. The fourth-order valence-corrected chi connectivity index (χ4v) is 3.35. The summed E-state index contributed by atoms with van der Waals surface area (Å²) in [7, 11) is 0. The van der Waals surface area contributed by atoms with E-state index < -0.39 is 0 Å². The molecule has 3 aromatic rings. The topological polar surface area (TPSA) is 71.3 Å². The summed E-state index contributed by atoms with van der Waals surface area (Å²) in [5, 5.41) is 6.36. The predicted octanol–water partition coefficient (Wildman–Crippen LogP) is 4.93. The smallest absolute Gasteiger partial charge is 0.291 e. The van der Waals surface area contributed by atoms with Gasteiger partial charge in [-0.15, -0.1) is 0 Å². The first-order valence-corrected chi connectivity index (χ1v) is 9.00. The van der Waals surface area contributed by atoms with Gasteiger partial charge in [0.15, 0.2) is 5.76 Å². The minimum Gasteiger partial charge on any atom is -0.459 e. The zero-order chi connectivity index (χ0) is 18.8. The molecule has 2 unspecified atom stereocenters. The molecule has 27 heavy (non-hydrogen) atoms. The van der Waals surface area contributed by atoms with Gasteiger partial charge in [0, 0.05) is 22.3 Å². The van der Waals surface area contributed by atoms with E-state index in [2.05, 4.69) is 10.6 Å². The Balaban J connectivity index is 1.34. The fraction of sp³-hybridized carbons (Fsp3) is 0.143. The first-order valence-electron chi connectivity index (χ1n) is 8.62. The van der Waals surface area contributed by atoms with Gasteiger partial charge in [0.05, 0.1) is 6.26 Å². The molecule has 136 valence electrons. The Bertz CT molecular complexity index is 967. The summed E-state index contributed by atoms with van der Waals surface area (Å²) < 4.78 is 5.05. The number of halogens is 1. The number of nitrogens with one attached hydrogen (secondary N) is 2. The van der Waals surface area contributed by atoms with E-state index in [1.54, 1.807) is 36.4 Å². The van der Waals surface area contributed by atoms with Crippen LogP contribution in [0.25, 0.3) is 0 Å². The van der Waals surface area contributed by atoms with Crippen LogP contribution in [0.3, 0.4) is 0 Å². The lowest BCUT2D eigenvalue weighted by Crippen LogP contribution is -2.15. The van der Waals surface area contributed by atoms with Crippen molar-refractivity contribution in [2.45, 2.75) is 12.3 Å². The highest BCUT2D eigenvalue weighted by atomic mass is 35.5. The summed E-state index contributed by atoms with van der Waals surface area (Å²) in [5.74, 6) is 0.00477. The third kappa shape index (κ3) is 3.88. The van der Waals surface area contributed by atoms with Crippen LogP contribution in [0.5, 0.6) is 0 Å². The van der Waals surface area contributed by atoms with Gasteiger partial charge in [-0.1, -0.05) is 29.8 Å². The number of carbonyl (C=O) groups excluding carboxylic acids is 2. The van der Waals surface area contributed by atoms with Crippen LogP contribution in [0, 0.1) is 5.92 Å². The fourth-order valence-electron chi connectivity index (χ4n) is 3.08. The highest BCUT2D eigenvalue weighted by molar-refractivity contribution is 6.31. The number of rotatable bonds is 5. The number of hydrogen-bond donors (Lipinski definition) is 2. The molecule has 2 amide bonds. The summed E-state index contributed by atoms with van der Waals surface area (Å²) in [6, 6.07) is 17.8. The van der Waals surface area contributed by atoms with E-state index >= 15 is 0 Å². The van der Waals surface area contributed by atoms with Crippen molar-refractivity contribution in [2.24, 2.45) is 5.92 Å². The molecular formula is C21H17ClN2O3. The summed E-state index contributed by atoms with van der Waals surface area (Å²) >= 11 is 6.21. The van der Waals surface area contributed by atoms with Gasteiger partial charge in [0.2, 0.25) is 5.91 Å². The molecule has 4 rings (SSSR count). The third-order valence-corrected chi connectivity index (χ3v) is 4.93. The second-order valence-corrected chi connectivity index (χ2v) is 6.88. The average molecular weight is 381 g/mol. The molecular weight excluding hydrogens is 364 g/mol. The van der Waals surface area contributed by atoms with Gasteiger partial charge >= 0.3 is 0 Å².